The van der Waals surface area contributed by atoms with E-state index < -0.39 is 58.0 Å². The maximum Gasteiger partial charge on any atom is 0.255 e. The first-order valence-electron chi connectivity index (χ1n) is 10.7. The van der Waals surface area contributed by atoms with Crippen molar-refractivity contribution in [2.75, 3.05) is 19.8 Å². The van der Waals surface area contributed by atoms with Crippen molar-refractivity contribution in [3.63, 3.8) is 0 Å². The number of carbonyl (C=O) groups excluding carboxylic acids is 3. The van der Waals surface area contributed by atoms with Gasteiger partial charge >= 0.3 is 0 Å². The normalized spacial score (nSPS) is 29.2. The molecule has 1 aromatic rings. The number of carbonyl (C=O) groups is 3. The maximum absolute atomic E-state index is 13.7. The van der Waals surface area contributed by atoms with E-state index in [9.17, 15) is 34.8 Å². The van der Waals surface area contributed by atoms with Crippen LogP contribution < -0.4 is 11.5 Å². The number of fused-ring (bicyclic) bond motifs is 3. The molecule has 0 aliphatic heterocycles. The molecule has 0 unspecified atom stereocenters. The van der Waals surface area contributed by atoms with Crippen LogP contribution in [0.5, 0.6) is 5.75 Å². The molecule has 4 atom stereocenters. The Balaban J connectivity index is 2.00. The minimum Gasteiger partial charge on any atom is -0.508 e. The lowest BCUT2D eigenvalue weighted by Gasteiger charge is -2.50. The number of ketones is 2. The number of benzene rings is 1. The van der Waals surface area contributed by atoms with Gasteiger partial charge in [0.15, 0.2) is 11.4 Å². The number of aromatic hydroxyl groups is 1. The molecule has 1 amide bonds. The van der Waals surface area contributed by atoms with Crippen molar-refractivity contribution in [3.05, 3.63) is 39.7 Å². The van der Waals surface area contributed by atoms with Gasteiger partial charge in [-0.2, -0.15) is 0 Å². The number of phenols is 1. The van der Waals surface area contributed by atoms with Crippen molar-refractivity contribution < 1.29 is 34.8 Å². The Bertz CT molecular complexity index is 1180. The third kappa shape index (κ3) is 2.83. The van der Waals surface area contributed by atoms with Gasteiger partial charge in [-0.05, 0) is 56.5 Å². The van der Waals surface area contributed by atoms with Gasteiger partial charge in [0.1, 0.15) is 22.8 Å². The quantitative estimate of drug-likeness (QED) is 0.208. The lowest BCUT2D eigenvalue weighted by Crippen LogP contribution is -2.65. The van der Waals surface area contributed by atoms with E-state index in [1.54, 1.807) is 20.2 Å². The lowest BCUT2D eigenvalue weighted by atomic mass is 9.57. The molecule has 0 saturated heterocycles. The van der Waals surface area contributed by atoms with E-state index in [-0.39, 0.29) is 35.4 Å². The van der Waals surface area contributed by atoms with Gasteiger partial charge in [-0.25, -0.2) is 0 Å². The highest BCUT2D eigenvalue weighted by Gasteiger charge is 2.64. The van der Waals surface area contributed by atoms with Crippen molar-refractivity contribution in [3.8, 4) is 5.75 Å². The van der Waals surface area contributed by atoms with Crippen LogP contribution in [0.3, 0.4) is 0 Å². The second-order valence-electron chi connectivity index (χ2n) is 9.14. The first kappa shape index (κ1) is 22.8. The molecule has 3 aliphatic rings. The second-order valence-corrected chi connectivity index (χ2v) is 9.14. The van der Waals surface area contributed by atoms with Crippen LogP contribution in [0.15, 0.2) is 23.0 Å². The highest BCUT2D eigenvalue weighted by Crippen LogP contribution is 2.53. The van der Waals surface area contributed by atoms with Crippen molar-refractivity contribution in [2.24, 2.45) is 17.6 Å². The topological polar surface area (TPSA) is 187 Å². The molecule has 10 heteroatoms. The number of aliphatic hydroxyl groups is 3. The number of phenolic OH excluding ortho intramolecular Hbond substituents is 1. The summed E-state index contributed by atoms with van der Waals surface area (Å²) in [5.41, 5.74) is 9.01. The van der Waals surface area contributed by atoms with Gasteiger partial charge in [0.25, 0.3) is 5.91 Å². The number of hydrogen-bond donors (Lipinski definition) is 6. The lowest BCUT2D eigenvalue weighted by molar-refractivity contribution is -0.153. The van der Waals surface area contributed by atoms with Crippen molar-refractivity contribution in [2.45, 2.75) is 37.8 Å². The zero-order chi connectivity index (χ0) is 24.6. The van der Waals surface area contributed by atoms with Crippen LogP contribution >= 0.6 is 0 Å². The summed E-state index contributed by atoms with van der Waals surface area (Å²) in [6.07, 6.45) is 0.874. The molecule has 10 nitrogen and oxygen atoms in total. The zero-order valence-corrected chi connectivity index (χ0v) is 18.5. The summed E-state index contributed by atoms with van der Waals surface area (Å²) in [5, 5.41) is 44.0. The molecule has 1 fully saturated rings. The Morgan fingerprint density at radius 3 is 2.42 bits per heavy atom. The summed E-state index contributed by atoms with van der Waals surface area (Å²) in [6, 6.07) is 0.515. The van der Waals surface area contributed by atoms with E-state index in [1.807, 2.05) is 6.92 Å². The number of likely N-dealkylation sites (N-methyl/N-ethyl adjacent to an activating group) is 1. The van der Waals surface area contributed by atoms with Crippen molar-refractivity contribution in [1.82, 2.24) is 4.90 Å². The Morgan fingerprint density at radius 1 is 1.24 bits per heavy atom. The number of primary amides is 1. The van der Waals surface area contributed by atoms with Crippen molar-refractivity contribution in [1.29, 1.82) is 0 Å². The Labute approximate surface area is 189 Å². The summed E-state index contributed by atoms with van der Waals surface area (Å²) in [5.74, 6) is -6.80. The Kier molecular flexibility index (Phi) is 5.06. The van der Waals surface area contributed by atoms with E-state index in [2.05, 4.69) is 0 Å². The average molecular weight is 457 g/mol. The molecule has 4 rings (SSSR count). The van der Waals surface area contributed by atoms with E-state index in [0.717, 1.165) is 5.56 Å². The number of anilines is 1. The van der Waals surface area contributed by atoms with E-state index in [1.165, 1.54) is 4.90 Å². The van der Waals surface area contributed by atoms with Gasteiger partial charge in [0, 0.05) is 11.5 Å². The highest BCUT2D eigenvalue weighted by atomic mass is 16.3. The van der Waals surface area contributed by atoms with Crippen LogP contribution in [0.25, 0.3) is 5.76 Å². The number of aliphatic hydroxyl groups excluding tert-OH is 2. The fourth-order valence-corrected chi connectivity index (χ4v) is 5.73. The molecule has 176 valence electrons. The zero-order valence-electron chi connectivity index (χ0n) is 18.5. The van der Waals surface area contributed by atoms with Gasteiger partial charge < -0.3 is 31.9 Å². The molecule has 1 aromatic carbocycles. The SMILES string of the molecule is CCc1cc(N)c(O)c2c1C[C@@H]1C[C@@H]3[C@H](N(C)C)C(=O)C(C(N)=O)=C(O)[C@@]3(O)C(=O)C1=C2O. The summed E-state index contributed by atoms with van der Waals surface area (Å²) in [6.45, 7) is 1.89. The fraction of sp³-hybridized carbons (Fsp3) is 0.435. The fourth-order valence-electron chi connectivity index (χ4n) is 5.73. The number of nitrogens with zero attached hydrogens (tertiary/aromatic N) is 1. The van der Waals surface area contributed by atoms with Gasteiger partial charge in [-0.15, -0.1) is 0 Å². The van der Waals surface area contributed by atoms with Gasteiger partial charge in [-0.3, -0.25) is 19.3 Å². The molecule has 0 bridgehead atoms. The minimum absolute atomic E-state index is 0.0168. The van der Waals surface area contributed by atoms with Crippen LogP contribution in [0.1, 0.15) is 30.0 Å². The number of nitrogens with two attached hydrogens (primary N) is 2. The molecule has 0 heterocycles. The molecule has 33 heavy (non-hydrogen) atoms. The summed E-state index contributed by atoms with van der Waals surface area (Å²) in [7, 11) is 3.12. The predicted molar refractivity (Wildman–Crippen MR) is 118 cm³/mol. The predicted octanol–water partition coefficient (Wildman–Crippen LogP) is 0.109. The first-order chi connectivity index (χ1) is 15.4. The second kappa shape index (κ2) is 7.32. The molecular formula is C23H27N3O7. The Morgan fingerprint density at radius 2 is 1.88 bits per heavy atom. The van der Waals surface area contributed by atoms with Crippen LogP contribution in [0.2, 0.25) is 0 Å². The van der Waals surface area contributed by atoms with Crippen LogP contribution in [0.4, 0.5) is 5.69 Å². The largest absolute Gasteiger partial charge is 0.508 e. The van der Waals surface area contributed by atoms with E-state index in [0.29, 0.717) is 12.0 Å². The molecular weight excluding hydrogens is 430 g/mol. The van der Waals surface area contributed by atoms with Gasteiger partial charge in [0.2, 0.25) is 5.78 Å². The summed E-state index contributed by atoms with van der Waals surface area (Å²) in [4.78, 5) is 40.2. The molecule has 0 aromatic heterocycles. The van der Waals surface area contributed by atoms with Crippen LogP contribution in [0, 0.1) is 11.8 Å². The first-order valence-corrected chi connectivity index (χ1v) is 10.7. The van der Waals surface area contributed by atoms with Gasteiger partial charge in [-0.1, -0.05) is 6.92 Å². The molecule has 1 saturated carbocycles. The molecule has 3 aliphatic carbocycles. The van der Waals surface area contributed by atoms with E-state index >= 15 is 0 Å². The average Bonchev–Trinajstić information content (AvgIpc) is 2.72. The summed E-state index contributed by atoms with van der Waals surface area (Å²) < 4.78 is 0. The molecule has 0 radical (unpaired) electrons. The molecule has 0 spiro atoms. The van der Waals surface area contributed by atoms with E-state index in [4.69, 9.17) is 11.5 Å². The monoisotopic (exact) mass is 457 g/mol. The molecule has 8 N–H and O–H groups in total. The maximum atomic E-state index is 13.7. The number of Topliss-reactive ketones (excluding diaryl/α,β-unsaturated/α-hetero) is 2. The number of hydrogen-bond acceptors (Lipinski definition) is 9. The number of amides is 1. The Hall–Kier alpha value is -3.37. The third-order valence-corrected chi connectivity index (χ3v) is 7.22. The number of aryl methyl sites for hydroxylation is 1. The van der Waals surface area contributed by atoms with Crippen molar-refractivity contribution >= 4 is 28.9 Å². The van der Waals surface area contributed by atoms with Crippen LogP contribution in [-0.2, 0) is 27.2 Å². The highest BCUT2D eigenvalue weighted by molar-refractivity contribution is 6.24. The minimum atomic E-state index is -2.64. The third-order valence-electron chi connectivity index (χ3n) is 7.22. The summed E-state index contributed by atoms with van der Waals surface area (Å²) >= 11 is 0. The number of nitrogen functional groups attached to an aromatic ring is 1. The standard InChI is InChI=1S/C23H27N3O7/c1-4-8-7-12(24)17(27)14-10(8)5-9-6-11-16(26(2)3)19(29)15(22(25)32)21(31)23(11,33)20(30)13(9)18(14)28/h7,9,11,16,27-28,31,33H,4-6,24H2,1-3H3,(H2,25,32)/t9-,11-,16+,23+/m1/s1. The van der Waals surface area contributed by atoms with Crippen LogP contribution in [-0.4, -0.2) is 68.5 Å². The smallest absolute Gasteiger partial charge is 0.255 e. The number of rotatable bonds is 3. The van der Waals surface area contributed by atoms with Gasteiger partial charge in [0.05, 0.1) is 17.3 Å².